The van der Waals surface area contributed by atoms with Gasteiger partial charge in [-0.1, -0.05) is 39.0 Å². The Morgan fingerprint density at radius 2 is 1.95 bits per heavy atom. The number of carbonyl (C=O) groups excluding carboxylic acids is 1. The lowest BCUT2D eigenvalue weighted by molar-refractivity contribution is 0.102. The van der Waals surface area contributed by atoms with Gasteiger partial charge in [0.25, 0.3) is 5.91 Å². The van der Waals surface area contributed by atoms with Gasteiger partial charge >= 0.3 is 0 Å². The van der Waals surface area contributed by atoms with Gasteiger partial charge in [-0.15, -0.1) is 0 Å². The van der Waals surface area contributed by atoms with Crippen molar-refractivity contribution in [1.82, 2.24) is 10.2 Å². The van der Waals surface area contributed by atoms with Crippen molar-refractivity contribution >= 4 is 11.6 Å². The van der Waals surface area contributed by atoms with Crippen molar-refractivity contribution < 1.29 is 4.79 Å². The standard InChI is InChI=1S/C15H19N3O/c1-10-7-5-6-8-11(10)16-14(19)12-9-13(18-17-12)15(2,3)4/h5-9H,1-4H3,(H,16,19)(H,17,18). The number of aromatic nitrogens is 2. The Morgan fingerprint density at radius 3 is 2.53 bits per heavy atom. The first-order chi connectivity index (χ1) is 8.88. The molecule has 0 aliphatic carbocycles. The van der Waals surface area contributed by atoms with Crippen LogP contribution < -0.4 is 5.32 Å². The van der Waals surface area contributed by atoms with E-state index in [0.717, 1.165) is 16.9 Å². The second kappa shape index (κ2) is 4.88. The number of anilines is 1. The van der Waals surface area contributed by atoms with Crippen LogP contribution in [0.25, 0.3) is 0 Å². The lowest BCUT2D eigenvalue weighted by atomic mass is 9.92. The molecule has 4 nitrogen and oxygen atoms in total. The monoisotopic (exact) mass is 257 g/mol. The maximum absolute atomic E-state index is 12.1. The van der Waals surface area contributed by atoms with E-state index in [-0.39, 0.29) is 11.3 Å². The number of rotatable bonds is 2. The Labute approximate surface area is 113 Å². The molecule has 0 radical (unpaired) electrons. The van der Waals surface area contributed by atoms with E-state index in [2.05, 4.69) is 36.3 Å². The van der Waals surface area contributed by atoms with Crippen LogP contribution in [0.1, 0.15) is 42.5 Å². The van der Waals surface area contributed by atoms with Gasteiger partial charge in [-0.05, 0) is 24.6 Å². The number of carbonyl (C=O) groups is 1. The Balaban J connectivity index is 2.17. The van der Waals surface area contributed by atoms with Gasteiger partial charge in [0.05, 0.1) is 0 Å². The highest BCUT2D eigenvalue weighted by molar-refractivity contribution is 6.03. The SMILES string of the molecule is Cc1ccccc1NC(=O)c1cc(C(C)(C)C)[nH]n1. The average Bonchev–Trinajstić information content (AvgIpc) is 2.81. The highest BCUT2D eigenvalue weighted by Gasteiger charge is 2.19. The molecule has 100 valence electrons. The summed E-state index contributed by atoms with van der Waals surface area (Å²) < 4.78 is 0. The molecule has 19 heavy (non-hydrogen) atoms. The minimum absolute atomic E-state index is 0.0474. The summed E-state index contributed by atoms with van der Waals surface area (Å²) in [6.45, 7) is 8.18. The molecule has 1 aromatic carbocycles. The van der Waals surface area contributed by atoms with Crippen molar-refractivity contribution in [2.24, 2.45) is 0 Å². The van der Waals surface area contributed by atoms with E-state index in [1.807, 2.05) is 31.2 Å². The van der Waals surface area contributed by atoms with Crippen LogP contribution in [0.15, 0.2) is 30.3 Å². The van der Waals surface area contributed by atoms with E-state index in [4.69, 9.17) is 0 Å². The lowest BCUT2D eigenvalue weighted by Crippen LogP contribution is -2.13. The molecule has 1 amide bonds. The summed E-state index contributed by atoms with van der Waals surface area (Å²) in [7, 11) is 0. The van der Waals surface area contributed by atoms with Crippen molar-refractivity contribution in [1.29, 1.82) is 0 Å². The van der Waals surface area contributed by atoms with Gasteiger partial charge in [-0.3, -0.25) is 9.89 Å². The molecule has 0 aliphatic rings. The molecule has 1 aromatic heterocycles. The van der Waals surface area contributed by atoms with Crippen molar-refractivity contribution in [3.8, 4) is 0 Å². The minimum Gasteiger partial charge on any atom is -0.320 e. The third-order valence-electron chi connectivity index (χ3n) is 3.01. The summed E-state index contributed by atoms with van der Waals surface area (Å²) in [4.78, 5) is 12.1. The first-order valence-electron chi connectivity index (χ1n) is 6.31. The second-order valence-electron chi connectivity index (χ2n) is 5.69. The van der Waals surface area contributed by atoms with Crippen molar-refractivity contribution in [2.45, 2.75) is 33.1 Å². The number of H-pyrrole nitrogens is 1. The van der Waals surface area contributed by atoms with E-state index in [9.17, 15) is 4.79 Å². The van der Waals surface area contributed by atoms with Crippen LogP contribution in [0.2, 0.25) is 0 Å². The fourth-order valence-corrected chi connectivity index (χ4v) is 1.72. The van der Waals surface area contributed by atoms with E-state index in [1.165, 1.54) is 0 Å². The quantitative estimate of drug-likeness (QED) is 0.867. The zero-order valence-electron chi connectivity index (χ0n) is 11.7. The van der Waals surface area contributed by atoms with Crippen molar-refractivity contribution in [2.75, 3.05) is 5.32 Å². The Morgan fingerprint density at radius 1 is 1.26 bits per heavy atom. The van der Waals surface area contributed by atoms with Gasteiger partial charge in [0.2, 0.25) is 0 Å². The topological polar surface area (TPSA) is 57.8 Å². The first-order valence-corrected chi connectivity index (χ1v) is 6.31. The van der Waals surface area contributed by atoms with Gasteiger partial charge in [0, 0.05) is 16.8 Å². The van der Waals surface area contributed by atoms with Crippen LogP contribution in [0.4, 0.5) is 5.69 Å². The van der Waals surface area contributed by atoms with Gasteiger partial charge in [-0.2, -0.15) is 5.10 Å². The molecule has 0 fully saturated rings. The molecule has 0 atom stereocenters. The number of para-hydroxylation sites is 1. The Kier molecular flexibility index (Phi) is 3.42. The molecule has 0 bridgehead atoms. The average molecular weight is 257 g/mol. The van der Waals surface area contributed by atoms with Gasteiger partial charge in [0.1, 0.15) is 0 Å². The van der Waals surface area contributed by atoms with Crippen LogP contribution in [-0.4, -0.2) is 16.1 Å². The van der Waals surface area contributed by atoms with E-state index < -0.39 is 0 Å². The normalized spacial score (nSPS) is 11.4. The number of hydrogen-bond acceptors (Lipinski definition) is 2. The predicted octanol–water partition coefficient (Wildman–Crippen LogP) is 3.27. The number of amides is 1. The number of nitrogens with one attached hydrogen (secondary N) is 2. The maximum Gasteiger partial charge on any atom is 0.276 e. The molecule has 0 aliphatic heterocycles. The molecule has 0 unspecified atom stereocenters. The number of aryl methyl sites for hydroxylation is 1. The molecular weight excluding hydrogens is 238 g/mol. The minimum atomic E-state index is -0.193. The molecule has 2 N–H and O–H groups in total. The van der Waals surface area contributed by atoms with Gasteiger partial charge < -0.3 is 5.32 Å². The molecule has 2 aromatic rings. The third kappa shape index (κ3) is 3.02. The number of aromatic amines is 1. The fraction of sp³-hybridized carbons (Fsp3) is 0.333. The van der Waals surface area contributed by atoms with Crippen molar-refractivity contribution in [3.63, 3.8) is 0 Å². The summed E-state index contributed by atoms with van der Waals surface area (Å²) in [5.74, 6) is -0.193. The Hall–Kier alpha value is -2.10. The van der Waals surface area contributed by atoms with Crippen LogP contribution in [0, 0.1) is 6.92 Å². The number of hydrogen-bond donors (Lipinski definition) is 2. The lowest BCUT2D eigenvalue weighted by Gasteiger charge is -2.14. The summed E-state index contributed by atoms with van der Waals surface area (Å²) in [5.41, 5.74) is 3.15. The summed E-state index contributed by atoms with van der Waals surface area (Å²) in [6, 6.07) is 9.48. The first kappa shape index (κ1) is 13.3. The van der Waals surface area contributed by atoms with Crippen LogP contribution in [0.3, 0.4) is 0 Å². The zero-order valence-corrected chi connectivity index (χ0v) is 11.7. The van der Waals surface area contributed by atoms with E-state index in [1.54, 1.807) is 6.07 Å². The molecule has 4 heteroatoms. The zero-order chi connectivity index (χ0) is 14.0. The molecule has 1 heterocycles. The molecule has 0 spiro atoms. The van der Waals surface area contributed by atoms with E-state index >= 15 is 0 Å². The Bertz CT molecular complexity index is 593. The van der Waals surface area contributed by atoms with Crippen LogP contribution >= 0.6 is 0 Å². The number of benzene rings is 1. The molecule has 0 saturated heterocycles. The molecular formula is C15H19N3O. The second-order valence-corrected chi connectivity index (χ2v) is 5.69. The maximum atomic E-state index is 12.1. The van der Waals surface area contributed by atoms with Gasteiger partial charge in [0.15, 0.2) is 5.69 Å². The summed E-state index contributed by atoms with van der Waals surface area (Å²) in [5, 5.41) is 9.86. The summed E-state index contributed by atoms with van der Waals surface area (Å²) in [6.07, 6.45) is 0. The van der Waals surface area contributed by atoms with Crippen molar-refractivity contribution in [3.05, 3.63) is 47.3 Å². The highest BCUT2D eigenvalue weighted by atomic mass is 16.1. The largest absolute Gasteiger partial charge is 0.320 e. The third-order valence-corrected chi connectivity index (χ3v) is 3.01. The molecule has 0 saturated carbocycles. The van der Waals surface area contributed by atoms with Crippen LogP contribution in [0.5, 0.6) is 0 Å². The summed E-state index contributed by atoms with van der Waals surface area (Å²) >= 11 is 0. The van der Waals surface area contributed by atoms with Crippen LogP contribution in [-0.2, 0) is 5.41 Å². The van der Waals surface area contributed by atoms with E-state index in [0.29, 0.717) is 5.69 Å². The van der Waals surface area contributed by atoms with Gasteiger partial charge in [-0.25, -0.2) is 0 Å². The smallest absolute Gasteiger partial charge is 0.276 e. The number of nitrogens with zero attached hydrogens (tertiary/aromatic N) is 1. The fourth-order valence-electron chi connectivity index (χ4n) is 1.72. The predicted molar refractivity (Wildman–Crippen MR) is 76.4 cm³/mol. The molecule has 2 rings (SSSR count). The highest BCUT2D eigenvalue weighted by Crippen LogP contribution is 2.21.